The fraction of sp³-hybridized carbons (Fsp3) is 0.500. The summed E-state index contributed by atoms with van der Waals surface area (Å²) in [5, 5.41) is 9.50. The Morgan fingerprint density at radius 2 is 2.07 bits per heavy atom. The lowest BCUT2D eigenvalue weighted by Crippen LogP contribution is -2.53. The van der Waals surface area contributed by atoms with Crippen LogP contribution in [0.2, 0.25) is 0 Å². The van der Waals surface area contributed by atoms with Gasteiger partial charge in [0.25, 0.3) is 0 Å². The number of rotatable bonds is 3. The van der Waals surface area contributed by atoms with Crippen LogP contribution in [0.4, 0.5) is 4.79 Å². The third-order valence-corrected chi connectivity index (χ3v) is 5.70. The van der Waals surface area contributed by atoms with Gasteiger partial charge in [-0.3, -0.25) is 4.68 Å². The van der Waals surface area contributed by atoms with Gasteiger partial charge in [-0.1, -0.05) is 17.3 Å². The quantitative estimate of drug-likeness (QED) is 0.670. The maximum absolute atomic E-state index is 12.3. The van der Waals surface area contributed by atoms with E-state index in [1.807, 2.05) is 43.0 Å². The molecule has 29 heavy (non-hydrogen) atoms. The van der Waals surface area contributed by atoms with E-state index in [4.69, 9.17) is 14.0 Å². The second-order valence-electron chi connectivity index (χ2n) is 8.07. The normalized spacial score (nSPS) is 19.3. The van der Waals surface area contributed by atoms with Crippen molar-refractivity contribution in [3.05, 3.63) is 30.3 Å². The molecule has 2 saturated heterocycles. The second-order valence-corrected chi connectivity index (χ2v) is 8.07. The number of carbonyl (C=O) groups is 1. The summed E-state index contributed by atoms with van der Waals surface area (Å²) in [7, 11) is 1.91. The highest BCUT2D eigenvalue weighted by Gasteiger charge is 2.39. The van der Waals surface area contributed by atoms with Gasteiger partial charge in [0.05, 0.1) is 24.9 Å². The fourth-order valence-electron chi connectivity index (χ4n) is 3.83. The molecule has 2 aliphatic heterocycles. The van der Waals surface area contributed by atoms with Gasteiger partial charge in [0.15, 0.2) is 5.60 Å². The van der Waals surface area contributed by atoms with Crippen molar-refractivity contribution >= 4 is 17.0 Å². The van der Waals surface area contributed by atoms with E-state index >= 15 is 0 Å². The van der Waals surface area contributed by atoms with Gasteiger partial charge < -0.3 is 18.9 Å². The van der Waals surface area contributed by atoms with Crippen molar-refractivity contribution in [1.29, 1.82) is 0 Å². The summed E-state index contributed by atoms with van der Waals surface area (Å²) < 4.78 is 18.1. The van der Waals surface area contributed by atoms with Crippen LogP contribution in [0.15, 0.2) is 28.9 Å². The minimum Gasteiger partial charge on any atom is -0.438 e. The van der Waals surface area contributed by atoms with E-state index in [2.05, 4.69) is 15.2 Å². The molecule has 9 heteroatoms. The standard InChI is InChI=1S/C20H23N5O4/c1-20(11-27-12-20)28-19(26)25-7-5-13(6-8-25)18-22-17(23-29-18)14-3-4-15-10-21-24(2)16(15)9-14/h3-4,9-10,13H,5-8,11-12H2,1-2H3. The van der Waals surface area contributed by atoms with Gasteiger partial charge in [-0.15, -0.1) is 0 Å². The molecule has 1 amide bonds. The van der Waals surface area contributed by atoms with Crippen molar-refractivity contribution in [2.45, 2.75) is 31.3 Å². The molecule has 0 saturated carbocycles. The molecule has 1 aromatic carbocycles. The maximum atomic E-state index is 12.3. The van der Waals surface area contributed by atoms with Crippen LogP contribution in [0, 0.1) is 0 Å². The molecule has 2 fully saturated rings. The van der Waals surface area contributed by atoms with Crippen molar-refractivity contribution in [3.8, 4) is 11.4 Å². The monoisotopic (exact) mass is 397 g/mol. The Hall–Kier alpha value is -2.94. The minimum atomic E-state index is -0.482. The van der Waals surface area contributed by atoms with Crippen molar-refractivity contribution in [2.24, 2.45) is 7.05 Å². The summed E-state index contributed by atoms with van der Waals surface area (Å²) in [5.74, 6) is 1.34. The van der Waals surface area contributed by atoms with Crippen molar-refractivity contribution in [1.82, 2.24) is 24.8 Å². The highest BCUT2D eigenvalue weighted by Crippen LogP contribution is 2.30. The molecule has 5 rings (SSSR count). The number of piperidine rings is 1. The summed E-state index contributed by atoms with van der Waals surface area (Å²) in [6, 6.07) is 5.99. The topological polar surface area (TPSA) is 95.5 Å². The average molecular weight is 397 g/mol. The first-order chi connectivity index (χ1) is 14.0. The number of amides is 1. The first kappa shape index (κ1) is 18.1. The molecule has 4 heterocycles. The molecule has 0 spiro atoms. The second kappa shape index (κ2) is 6.84. The molecule has 9 nitrogen and oxygen atoms in total. The van der Waals surface area contributed by atoms with Crippen molar-refractivity contribution in [2.75, 3.05) is 26.3 Å². The smallest absolute Gasteiger partial charge is 0.410 e. The SMILES string of the molecule is Cn1ncc2ccc(-c3noc(C4CCN(C(=O)OC5(C)COC5)CC4)n3)cc21. The third-order valence-electron chi connectivity index (χ3n) is 5.70. The Balaban J connectivity index is 1.24. The molecule has 0 unspecified atom stereocenters. The van der Waals surface area contributed by atoms with Crippen molar-refractivity contribution in [3.63, 3.8) is 0 Å². The molecular formula is C20H23N5O4. The lowest BCUT2D eigenvalue weighted by Gasteiger charge is -2.39. The molecular weight excluding hydrogens is 374 g/mol. The van der Waals surface area contributed by atoms with Crippen LogP contribution in [0.25, 0.3) is 22.3 Å². The molecule has 0 bridgehead atoms. The zero-order valence-electron chi connectivity index (χ0n) is 16.5. The van der Waals surface area contributed by atoms with E-state index in [0.717, 1.165) is 29.3 Å². The van der Waals surface area contributed by atoms with Crippen LogP contribution in [-0.4, -0.2) is 62.8 Å². The minimum absolute atomic E-state index is 0.142. The summed E-state index contributed by atoms with van der Waals surface area (Å²) in [6.07, 6.45) is 3.10. The van der Waals surface area contributed by atoms with Crippen LogP contribution in [0.3, 0.4) is 0 Å². The maximum Gasteiger partial charge on any atom is 0.410 e. The van der Waals surface area contributed by atoms with Crippen molar-refractivity contribution < 1.29 is 18.8 Å². The number of hydrogen-bond acceptors (Lipinski definition) is 7. The summed E-state index contributed by atoms with van der Waals surface area (Å²) in [4.78, 5) is 18.7. The molecule has 2 aromatic heterocycles. The number of nitrogens with zero attached hydrogens (tertiary/aromatic N) is 5. The van der Waals surface area contributed by atoms with Gasteiger partial charge in [0.2, 0.25) is 11.7 Å². The Bertz CT molecular complexity index is 1050. The van der Waals surface area contributed by atoms with Crippen LogP contribution in [-0.2, 0) is 16.5 Å². The van der Waals surface area contributed by atoms with E-state index in [1.165, 1.54) is 0 Å². The van der Waals surface area contributed by atoms with E-state index in [9.17, 15) is 4.79 Å². The highest BCUT2D eigenvalue weighted by atomic mass is 16.6. The number of fused-ring (bicyclic) bond motifs is 1. The average Bonchev–Trinajstić information content (AvgIpc) is 3.34. The number of aryl methyl sites for hydroxylation is 1. The summed E-state index contributed by atoms with van der Waals surface area (Å²) in [5.41, 5.74) is 1.43. The molecule has 152 valence electrons. The van der Waals surface area contributed by atoms with Crippen LogP contribution in [0.5, 0.6) is 0 Å². The van der Waals surface area contributed by atoms with Gasteiger partial charge >= 0.3 is 6.09 Å². The van der Waals surface area contributed by atoms with E-state index < -0.39 is 5.60 Å². The lowest BCUT2D eigenvalue weighted by atomic mass is 9.97. The number of hydrogen-bond donors (Lipinski definition) is 0. The predicted molar refractivity (Wildman–Crippen MR) is 103 cm³/mol. The number of carbonyl (C=O) groups excluding carboxylic acids is 1. The number of likely N-dealkylation sites (tertiary alicyclic amines) is 1. The first-order valence-corrected chi connectivity index (χ1v) is 9.82. The summed E-state index contributed by atoms with van der Waals surface area (Å²) >= 11 is 0. The van der Waals surface area contributed by atoms with E-state index in [-0.39, 0.29) is 12.0 Å². The zero-order chi connectivity index (χ0) is 20.0. The largest absolute Gasteiger partial charge is 0.438 e. The molecule has 0 atom stereocenters. The molecule has 0 N–H and O–H groups in total. The van der Waals surface area contributed by atoms with Gasteiger partial charge in [-0.2, -0.15) is 10.1 Å². The van der Waals surface area contributed by atoms with Crippen LogP contribution >= 0.6 is 0 Å². The lowest BCUT2D eigenvalue weighted by molar-refractivity contribution is -0.172. The first-order valence-electron chi connectivity index (χ1n) is 9.82. The van der Waals surface area contributed by atoms with Crippen LogP contribution < -0.4 is 0 Å². The fourth-order valence-corrected chi connectivity index (χ4v) is 3.83. The predicted octanol–water partition coefficient (Wildman–Crippen LogP) is 2.73. The molecule has 3 aromatic rings. The Morgan fingerprint density at radius 3 is 2.79 bits per heavy atom. The highest BCUT2D eigenvalue weighted by molar-refractivity contribution is 5.83. The van der Waals surface area contributed by atoms with Gasteiger partial charge in [-0.05, 0) is 25.8 Å². The molecule has 0 aliphatic carbocycles. The van der Waals surface area contributed by atoms with E-state index in [1.54, 1.807) is 4.90 Å². The molecule has 2 aliphatic rings. The Kier molecular flexibility index (Phi) is 4.27. The molecule has 0 radical (unpaired) electrons. The van der Waals surface area contributed by atoms with Gasteiger partial charge in [0, 0.05) is 37.0 Å². The van der Waals surface area contributed by atoms with Gasteiger partial charge in [-0.25, -0.2) is 4.79 Å². The number of aromatic nitrogens is 4. The number of benzene rings is 1. The zero-order valence-corrected chi connectivity index (χ0v) is 16.5. The Morgan fingerprint density at radius 1 is 1.28 bits per heavy atom. The Labute approximate surface area is 167 Å². The number of ether oxygens (including phenoxy) is 2. The van der Waals surface area contributed by atoms with Crippen LogP contribution in [0.1, 0.15) is 31.6 Å². The summed E-state index contributed by atoms with van der Waals surface area (Å²) in [6.45, 7) is 4.04. The van der Waals surface area contributed by atoms with Gasteiger partial charge in [0.1, 0.15) is 0 Å². The van der Waals surface area contributed by atoms with E-state index in [0.29, 0.717) is 38.0 Å². The third kappa shape index (κ3) is 3.35.